The molecule has 0 unspecified atom stereocenters. The molecule has 2 nitrogen and oxygen atoms in total. The van der Waals surface area contributed by atoms with E-state index in [-0.39, 0.29) is 0 Å². The molecule has 0 aliphatic rings. The fraction of sp³-hybridized carbons (Fsp3) is 0.529. The maximum atomic E-state index is 3.55. The highest BCUT2D eigenvalue weighted by Gasteiger charge is 2.13. The zero-order valence-corrected chi connectivity index (χ0v) is 13.7. The predicted molar refractivity (Wildman–Crippen MR) is 90.4 cm³/mol. The van der Waals surface area contributed by atoms with Gasteiger partial charge in [-0.25, -0.2) is 0 Å². The summed E-state index contributed by atoms with van der Waals surface area (Å²) in [5.41, 5.74) is 1.53. The third kappa shape index (κ3) is 3.60. The summed E-state index contributed by atoms with van der Waals surface area (Å²) in [5, 5.41) is 5.00. The van der Waals surface area contributed by atoms with Crippen LogP contribution in [0.3, 0.4) is 0 Å². The van der Waals surface area contributed by atoms with Crippen molar-refractivity contribution in [3.8, 4) is 0 Å². The molecular weight excluding hydrogens is 264 g/mol. The Bertz CT molecular complexity index is 529. The molecule has 0 aliphatic heterocycles. The second-order valence-electron chi connectivity index (χ2n) is 5.14. The molecule has 110 valence electrons. The molecule has 0 bridgehead atoms. The third-order valence-electron chi connectivity index (χ3n) is 3.77. The fourth-order valence-electron chi connectivity index (χ4n) is 2.52. The van der Waals surface area contributed by atoms with Crippen LogP contribution in [0.1, 0.15) is 37.6 Å². The first kappa shape index (κ1) is 15.5. The Hall–Kier alpha value is -0.900. The molecule has 2 rings (SSSR count). The average Bonchev–Trinajstić information content (AvgIpc) is 2.83. The van der Waals surface area contributed by atoms with Gasteiger partial charge in [-0.15, -0.1) is 11.3 Å². The number of fused-ring (bicyclic) bond motifs is 1. The first-order valence-corrected chi connectivity index (χ1v) is 8.54. The van der Waals surface area contributed by atoms with E-state index < -0.39 is 0 Å². The number of hydrogen-bond acceptors (Lipinski definition) is 3. The van der Waals surface area contributed by atoms with Crippen LogP contribution < -0.4 is 5.32 Å². The summed E-state index contributed by atoms with van der Waals surface area (Å²) in [7, 11) is 0. The van der Waals surface area contributed by atoms with E-state index in [1.165, 1.54) is 26.9 Å². The molecule has 0 saturated carbocycles. The molecule has 1 heterocycles. The predicted octanol–water partition coefficient (Wildman–Crippen LogP) is 4.24. The number of nitrogens with one attached hydrogen (secondary N) is 1. The highest BCUT2D eigenvalue weighted by molar-refractivity contribution is 7.19. The Balaban J connectivity index is 2.28. The van der Waals surface area contributed by atoms with Crippen molar-refractivity contribution in [3.63, 3.8) is 0 Å². The van der Waals surface area contributed by atoms with E-state index in [0.717, 1.165) is 32.7 Å². The van der Waals surface area contributed by atoms with E-state index in [0.29, 0.717) is 0 Å². The molecule has 1 aromatic carbocycles. The van der Waals surface area contributed by atoms with E-state index in [4.69, 9.17) is 0 Å². The molecule has 0 radical (unpaired) electrons. The second kappa shape index (κ2) is 7.77. The molecule has 1 N–H and O–H groups in total. The standard InChI is InChI=1S/C17H26N2S/c1-4-11-18-12-17-15(13-19(5-2)6-3)14-9-7-8-10-16(14)20-17/h7-10,18H,4-6,11-13H2,1-3H3. The van der Waals surface area contributed by atoms with Crippen LogP contribution in [0.5, 0.6) is 0 Å². The third-order valence-corrected chi connectivity index (χ3v) is 4.98. The maximum Gasteiger partial charge on any atom is 0.0349 e. The largest absolute Gasteiger partial charge is 0.312 e. The van der Waals surface area contributed by atoms with Crippen molar-refractivity contribution in [2.75, 3.05) is 19.6 Å². The molecular formula is C17H26N2S. The van der Waals surface area contributed by atoms with Crippen molar-refractivity contribution < 1.29 is 0 Å². The van der Waals surface area contributed by atoms with Crippen molar-refractivity contribution in [1.29, 1.82) is 0 Å². The van der Waals surface area contributed by atoms with Crippen molar-refractivity contribution >= 4 is 21.4 Å². The van der Waals surface area contributed by atoms with Crippen molar-refractivity contribution in [3.05, 3.63) is 34.7 Å². The number of hydrogen-bond donors (Lipinski definition) is 1. The van der Waals surface area contributed by atoms with E-state index in [2.05, 4.69) is 55.3 Å². The van der Waals surface area contributed by atoms with Crippen molar-refractivity contribution in [2.45, 2.75) is 40.3 Å². The van der Waals surface area contributed by atoms with Gasteiger partial charge in [-0.05, 0) is 43.1 Å². The monoisotopic (exact) mass is 290 g/mol. The molecule has 1 aromatic heterocycles. The van der Waals surface area contributed by atoms with Gasteiger partial charge in [-0.3, -0.25) is 4.90 Å². The van der Waals surface area contributed by atoms with E-state index in [1.807, 2.05) is 11.3 Å². The summed E-state index contributed by atoms with van der Waals surface area (Å²) in [6.45, 7) is 12.1. The van der Waals surface area contributed by atoms with Gasteiger partial charge in [0.15, 0.2) is 0 Å². The Morgan fingerprint density at radius 1 is 1.10 bits per heavy atom. The van der Waals surface area contributed by atoms with Gasteiger partial charge in [0.25, 0.3) is 0 Å². The topological polar surface area (TPSA) is 15.3 Å². The maximum absolute atomic E-state index is 3.55. The summed E-state index contributed by atoms with van der Waals surface area (Å²) in [5.74, 6) is 0. The van der Waals surface area contributed by atoms with E-state index in [1.54, 1.807) is 0 Å². The number of benzene rings is 1. The Labute approximate surface area is 126 Å². The smallest absolute Gasteiger partial charge is 0.0349 e. The minimum atomic E-state index is 1.00. The van der Waals surface area contributed by atoms with Crippen LogP contribution in [-0.2, 0) is 13.1 Å². The first-order valence-electron chi connectivity index (χ1n) is 7.72. The highest BCUT2D eigenvalue weighted by Crippen LogP contribution is 2.32. The van der Waals surface area contributed by atoms with Crippen LogP contribution in [0.15, 0.2) is 24.3 Å². The molecule has 20 heavy (non-hydrogen) atoms. The van der Waals surface area contributed by atoms with E-state index >= 15 is 0 Å². The lowest BCUT2D eigenvalue weighted by Gasteiger charge is -2.19. The first-order chi connectivity index (χ1) is 9.80. The summed E-state index contributed by atoms with van der Waals surface area (Å²) in [4.78, 5) is 4.00. The molecule has 0 fully saturated rings. The average molecular weight is 290 g/mol. The van der Waals surface area contributed by atoms with Crippen LogP contribution >= 0.6 is 11.3 Å². The van der Waals surface area contributed by atoms with Crippen LogP contribution in [-0.4, -0.2) is 24.5 Å². The summed E-state index contributed by atoms with van der Waals surface area (Å²) in [6.07, 6.45) is 1.19. The molecule has 0 amide bonds. The second-order valence-corrected chi connectivity index (χ2v) is 6.27. The highest BCUT2D eigenvalue weighted by atomic mass is 32.1. The van der Waals surface area contributed by atoms with Crippen LogP contribution in [0.25, 0.3) is 10.1 Å². The summed E-state index contributed by atoms with van der Waals surface area (Å²) in [6, 6.07) is 8.82. The lowest BCUT2D eigenvalue weighted by molar-refractivity contribution is 0.296. The van der Waals surface area contributed by atoms with Gasteiger partial charge < -0.3 is 5.32 Å². The number of nitrogens with zero attached hydrogens (tertiary/aromatic N) is 1. The van der Waals surface area contributed by atoms with Crippen molar-refractivity contribution in [1.82, 2.24) is 10.2 Å². The fourth-order valence-corrected chi connectivity index (χ4v) is 3.70. The normalized spacial score (nSPS) is 11.6. The lowest BCUT2D eigenvalue weighted by atomic mass is 10.1. The minimum Gasteiger partial charge on any atom is -0.312 e. The van der Waals surface area contributed by atoms with Crippen LogP contribution in [0.4, 0.5) is 0 Å². The molecule has 0 spiro atoms. The van der Waals surface area contributed by atoms with Gasteiger partial charge in [-0.2, -0.15) is 0 Å². The number of rotatable bonds is 8. The quantitative estimate of drug-likeness (QED) is 0.731. The Kier molecular flexibility index (Phi) is 6.02. The molecule has 3 heteroatoms. The molecule has 0 saturated heterocycles. The molecule has 2 aromatic rings. The lowest BCUT2D eigenvalue weighted by Crippen LogP contribution is -2.23. The number of thiophene rings is 1. The Morgan fingerprint density at radius 2 is 1.85 bits per heavy atom. The van der Waals surface area contributed by atoms with Gasteiger partial charge in [-0.1, -0.05) is 39.0 Å². The van der Waals surface area contributed by atoms with Crippen LogP contribution in [0, 0.1) is 0 Å². The summed E-state index contributed by atoms with van der Waals surface area (Å²) >= 11 is 1.95. The molecule has 0 aliphatic carbocycles. The zero-order valence-electron chi connectivity index (χ0n) is 12.9. The van der Waals surface area contributed by atoms with Crippen molar-refractivity contribution in [2.24, 2.45) is 0 Å². The van der Waals surface area contributed by atoms with Gasteiger partial charge in [0.2, 0.25) is 0 Å². The minimum absolute atomic E-state index is 1.00. The zero-order chi connectivity index (χ0) is 14.4. The van der Waals surface area contributed by atoms with Gasteiger partial charge in [0.05, 0.1) is 0 Å². The molecule has 0 atom stereocenters. The van der Waals surface area contributed by atoms with Gasteiger partial charge in [0.1, 0.15) is 0 Å². The Morgan fingerprint density at radius 3 is 2.55 bits per heavy atom. The van der Waals surface area contributed by atoms with E-state index in [9.17, 15) is 0 Å². The summed E-state index contributed by atoms with van der Waals surface area (Å²) < 4.78 is 1.42. The SMILES string of the molecule is CCCNCc1sc2ccccc2c1CN(CC)CC. The van der Waals surface area contributed by atoms with Crippen LogP contribution in [0.2, 0.25) is 0 Å². The van der Waals surface area contributed by atoms with Gasteiger partial charge >= 0.3 is 0 Å². The van der Waals surface area contributed by atoms with Gasteiger partial charge in [0, 0.05) is 22.7 Å².